The third-order valence-electron chi connectivity index (χ3n) is 2.90. The number of benzene rings is 1. The number of anilines is 1. The second kappa shape index (κ2) is 5.02. The molecule has 0 amide bonds. The smallest absolute Gasteiger partial charge is 0.125 e. The predicted octanol–water partition coefficient (Wildman–Crippen LogP) is 2.95. The lowest BCUT2D eigenvalue weighted by Gasteiger charge is -2.07. The molecule has 2 heterocycles. The SMILES string of the molecule is Cc1nccc(CNc2cnc3ccccc3c2)n1. The van der Waals surface area contributed by atoms with Gasteiger partial charge in [0.15, 0.2) is 0 Å². The molecule has 3 rings (SSSR count). The van der Waals surface area contributed by atoms with Gasteiger partial charge in [0.2, 0.25) is 0 Å². The van der Waals surface area contributed by atoms with Crippen LogP contribution in [-0.4, -0.2) is 15.0 Å². The summed E-state index contributed by atoms with van der Waals surface area (Å²) in [5, 5.41) is 4.46. The third kappa shape index (κ3) is 2.68. The van der Waals surface area contributed by atoms with Crippen molar-refractivity contribution in [2.75, 3.05) is 5.32 Å². The summed E-state index contributed by atoms with van der Waals surface area (Å²) in [6, 6.07) is 12.1. The van der Waals surface area contributed by atoms with Gasteiger partial charge in [-0.1, -0.05) is 18.2 Å². The largest absolute Gasteiger partial charge is 0.378 e. The molecule has 0 aliphatic heterocycles. The van der Waals surface area contributed by atoms with Crippen molar-refractivity contribution in [1.29, 1.82) is 0 Å². The molecule has 0 radical (unpaired) electrons. The van der Waals surface area contributed by atoms with Crippen molar-refractivity contribution < 1.29 is 0 Å². The minimum Gasteiger partial charge on any atom is -0.378 e. The fourth-order valence-corrected chi connectivity index (χ4v) is 1.96. The Morgan fingerprint density at radius 1 is 1.11 bits per heavy atom. The Kier molecular flexibility index (Phi) is 3.06. The standard InChI is InChI=1S/C15H14N4/c1-11-16-7-6-13(19-11)9-17-14-8-12-4-2-3-5-15(12)18-10-14/h2-8,10,17H,9H2,1H3. The number of para-hydroxylation sites is 1. The van der Waals surface area contributed by atoms with E-state index in [4.69, 9.17) is 0 Å². The molecule has 0 saturated heterocycles. The Morgan fingerprint density at radius 3 is 2.89 bits per heavy atom. The van der Waals surface area contributed by atoms with E-state index in [1.807, 2.05) is 37.4 Å². The number of rotatable bonds is 3. The van der Waals surface area contributed by atoms with Gasteiger partial charge in [0.25, 0.3) is 0 Å². The first kappa shape index (κ1) is 11.6. The van der Waals surface area contributed by atoms with E-state index in [9.17, 15) is 0 Å². The van der Waals surface area contributed by atoms with Crippen LogP contribution >= 0.6 is 0 Å². The molecule has 0 bridgehead atoms. The lowest BCUT2D eigenvalue weighted by Crippen LogP contribution is -2.03. The van der Waals surface area contributed by atoms with Crippen LogP contribution in [0.3, 0.4) is 0 Å². The third-order valence-corrected chi connectivity index (χ3v) is 2.90. The van der Waals surface area contributed by atoms with Crippen LogP contribution in [0.25, 0.3) is 10.9 Å². The van der Waals surface area contributed by atoms with Crippen molar-refractivity contribution in [3.63, 3.8) is 0 Å². The molecule has 3 aromatic rings. The fraction of sp³-hybridized carbons (Fsp3) is 0.133. The fourth-order valence-electron chi connectivity index (χ4n) is 1.96. The van der Waals surface area contributed by atoms with Gasteiger partial charge in [0, 0.05) is 11.6 Å². The Balaban J connectivity index is 1.78. The second-order valence-electron chi connectivity index (χ2n) is 4.37. The molecule has 0 fully saturated rings. The highest BCUT2D eigenvalue weighted by Crippen LogP contribution is 2.16. The van der Waals surface area contributed by atoms with E-state index in [1.54, 1.807) is 6.20 Å². The first-order valence-corrected chi connectivity index (χ1v) is 6.18. The van der Waals surface area contributed by atoms with Crippen LogP contribution in [0.15, 0.2) is 48.8 Å². The van der Waals surface area contributed by atoms with Gasteiger partial charge >= 0.3 is 0 Å². The zero-order valence-electron chi connectivity index (χ0n) is 10.7. The average molecular weight is 250 g/mol. The van der Waals surface area contributed by atoms with Crippen molar-refractivity contribution in [3.8, 4) is 0 Å². The second-order valence-corrected chi connectivity index (χ2v) is 4.37. The first-order valence-electron chi connectivity index (χ1n) is 6.18. The molecule has 19 heavy (non-hydrogen) atoms. The first-order chi connectivity index (χ1) is 9.31. The van der Waals surface area contributed by atoms with Crippen LogP contribution in [0.2, 0.25) is 0 Å². The molecular weight excluding hydrogens is 236 g/mol. The molecule has 1 N–H and O–H groups in total. The molecule has 2 aromatic heterocycles. The van der Waals surface area contributed by atoms with Gasteiger partial charge < -0.3 is 5.32 Å². The summed E-state index contributed by atoms with van der Waals surface area (Å²) >= 11 is 0. The highest BCUT2D eigenvalue weighted by Gasteiger charge is 1.99. The normalized spacial score (nSPS) is 10.6. The Bertz CT molecular complexity index is 709. The van der Waals surface area contributed by atoms with Crippen LogP contribution < -0.4 is 5.32 Å². The number of nitrogens with zero attached hydrogens (tertiary/aromatic N) is 3. The van der Waals surface area contributed by atoms with E-state index in [0.717, 1.165) is 28.1 Å². The molecule has 4 heteroatoms. The molecule has 0 spiro atoms. The molecule has 0 aliphatic carbocycles. The van der Waals surface area contributed by atoms with Gasteiger partial charge in [-0.25, -0.2) is 9.97 Å². The monoisotopic (exact) mass is 250 g/mol. The lowest BCUT2D eigenvalue weighted by molar-refractivity contribution is 0.955. The summed E-state index contributed by atoms with van der Waals surface area (Å²) in [6.07, 6.45) is 3.62. The number of hydrogen-bond acceptors (Lipinski definition) is 4. The van der Waals surface area contributed by atoms with Crippen LogP contribution in [-0.2, 0) is 6.54 Å². The summed E-state index contributed by atoms with van der Waals surface area (Å²) in [4.78, 5) is 12.9. The zero-order chi connectivity index (χ0) is 13.1. The number of aryl methyl sites for hydroxylation is 1. The summed E-state index contributed by atoms with van der Waals surface area (Å²) < 4.78 is 0. The maximum Gasteiger partial charge on any atom is 0.125 e. The molecule has 94 valence electrons. The van der Waals surface area contributed by atoms with Gasteiger partial charge in [-0.3, -0.25) is 4.98 Å². The maximum absolute atomic E-state index is 4.42. The van der Waals surface area contributed by atoms with E-state index in [-0.39, 0.29) is 0 Å². The molecule has 0 unspecified atom stereocenters. The Hall–Kier alpha value is -2.49. The molecule has 0 atom stereocenters. The van der Waals surface area contributed by atoms with Gasteiger partial charge in [-0.05, 0) is 25.1 Å². The van der Waals surface area contributed by atoms with Gasteiger partial charge in [0.05, 0.1) is 29.6 Å². The maximum atomic E-state index is 4.42. The van der Waals surface area contributed by atoms with Crippen molar-refractivity contribution in [1.82, 2.24) is 15.0 Å². The lowest BCUT2D eigenvalue weighted by atomic mass is 10.2. The number of hydrogen-bond donors (Lipinski definition) is 1. The highest BCUT2D eigenvalue weighted by molar-refractivity contribution is 5.81. The van der Waals surface area contributed by atoms with E-state index in [0.29, 0.717) is 6.54 Å². The number of nitrogens with one attached hydrogen (secondary N) is 1. The van der Waals surface area contributed by atoms with E-state index >= 15 is 0 Å². The summed E-state index contributed by atoms with van der Waals surface area (Å²) in [5.41, 5.74) is 2.97. The van der Waals surface area contributed by atoms with Gasteiger partial charge in [-0.15, -0.1) is 0 Å². The predicted molar refractivity (Wildman–Crippen MR) is 75.8 cm³/mol. The van der Waals surface area contributed by atoms with E-state index < -0.39 is 0 Å². The minimum atomic E-state index is 0.670. The molecular formula is C15H14N4. The van der Waals surface area contributed by atoms with E-state index in [2.05, 4.69) is 32.4 Å². The Labute approximate surface area is 111 Å². The number of fused-ring (bicyclic) bond motifs is 1. The number of pyridine rings is 1. The van der Waals surface area contributed by atoms with Crippen LogP contribution in [0.4, 0.5) is 5.69 Å². The van der Waals surface area contributed by atoms with Crippen LogP contribution in [0, 0.1) is 6.92 Å². The van der Waals surface area contributed by atoms with Crippen molar-refractivity contribution >= 4 is 16.6 Å². The minimum absolute atomic E-state index is 0.670. The molecule has 1 aromatic carbocycles. The Morgan fingerprint density at radius 2 is 2.00 bits per heavy atom. The van der Waals surface area contributed by atoms with Crippen molar-refractivity contribution in [2.45, 2.75) is 13.5 Å². The average Bonchev–Trinajstić information content (AvgIpc) is 2.45. The van der Waals surface area contributed by atoms with Crippen molar-refractivity contribution in [3.05, 3.63) is 60.3 Å². The summed E-state index contributed by atoms with van der Waals surface area (Å²) in [5.74, 6) is 0.788. The van der Waals surface area contributed by atoms with Crippen LogP contribution in [0.1, 0.15) is 11.5 Å². The molecule has 0 saturated carbocycles. The van der Waals surface area contributed by atoms with Crippen LogP contribution in [0.5, 0.6) is 0 Å². The van der Waals surface area contributed by atoms with Crippen molar-refractivity contribution in [2.24, 2.45) is 0 Å². The summed E-state index contributed by atoms with van der Waals surface area (Å²) in [7, 11) is 0. The van der Waals surface area contributed by atoms with Gasteiger partial charge in [-0.2, -0.15) is 0 Å². The van der Waals surface area contributed by atoms with E-state index in [1.165, 1.54) is 0 Å². The number of aromatic nitrogens is 3. The van der Waals surface area contributed by atoms with Gasteiger partial charge in [0.1, 0.15) is 5.82 Å². The highest BCUT2D eigenvalue weighted by atomic mass is 14.9. The molecule has 0 aliphatic rings. The zero-order valence-corrected chi connectivity index (χ0v) is 10.7. The quantitative estimate of drug-likeness (QED) is 0.776. The molecule has 4 nitrogen and oxygen atoms in total. The summed E-state index contributed by atoms with van der Waals surface area (Å²) in [6.45, 7) is 2.56. The topological polar surface area (TPSA) is 50.7 Å².